The zero-order valence-electron chi connectivity index (χ0n) is 12.9. The average molecular weight is 347 g/mol. The summed E-state index contributed by atoms with van der Waals surface area (Å²) in [6, 6.07) is 8.48. The topological polar surface area (TPSA) is 93.1 Å². The number of aromatic nitrogens is 2. The monoisotopic (exact) mass is 346 g/mol. The Morgan fingerprint density at radius 2 is 2.21 bits per heavy atom. The van der Waals surface area contributed by atoms with Crippen molar-refractivity contribution in [3.05, 3.63) is 57.2 Å². The third kappa shape index (κ3) is 3.26. The van der Waals surface area contributed by atoms with Crippen molar-refractivity contribution in [3.63, 3.8) is 0 Å². The molecule has 3 aromatic rings. The number of hydrogen-bond acceptors (Lipinski definition) is 5. The third-order valence-electron chi connectivity index (χ3n) is 3.67. The van der Waals surface area contributed by atoms with Crippen molar-refractivity contribution < 1.29 is 9.66 Å². The van der Waals surface area contributed by atoms with Crippen LogP contribution in [-0.4, -0.2) is 28.5 Å². The number of rotatable bonds is 6. The fourth-order valence-electron chi connectivity index (χ4n) is 2.50. The summed E-state index contributed by atoms with van der Waals surface area (Å²) in [6.07, 6.45) is 2.58. The number of nitrogens with one attached hydrogen (secondary N) is 2. The number of aromatic amines is 1. The lowest BCUT2D eigenvalue weighted by Gasteiger charge is -2.07. The van der Waals surface area contributed by atoms with Gasteiger partial charge < -0.3 is 15.0 Å². The fourth-order valence-corrected chi connectivity index (χ4v) is 2.67. The van der Waals surface area contributed by atoms with Crippen LogP contribution < -0.4 is 10.1 Å². The molecule has 3 rings (SSSR count). The van der Waals surface area contributed by atoms with Gasteiger partial charge in [-0.1, -0.05) is 11.6 Å². The largest absolute Gasteiger partial charge is 0.481 e. The number of ether oxygens (including phenoxy) is 1. The van der Waals surface area contributed by atoms with E-state index in [0.29, 0.717) is 23.9 Å². The SMILES string of the molecule is COc1ccc([N+](=O)[O-])c(NCCc2c[nH]c3ccc(Cl)cc23)n1. The van der Waals surface area contributed by atoms with Gasteiger partial charge in [-0.25, -0.2) is 0 Å². The lowest BCUT2D eigenvalue weighted by molar-refractivity contribution is -0.384. The minimum absolute atomic E-state index is 0.0854. The molecular weight excluding hydrogens is 332 g/mol. The number of anilines is 1. The van der Waals surface area contributed by atoms with Crippen molar-refractivity contribution in [3.8, 4) is 5.88 Å². The van der Waals surface area contributed by atoms with Crippen molar-refractivity contribution in [1.82, 2.24) is 9.97 Å². The first-order valence-corrected chi connectivity index (χ1v) is 7.65. The van der Waals surface area contributed by atoms with Crippen LogP contribution in [0.2, 0.25) is 5.02 Å². The molecule has 8 heteroatoms. The van der Waals surface area contributed by atoms with Crippen molar-refractivity contribution >= 4 is 34.0 Å². The smallest absolute Gasteiger partial charge is 0.311 e. The summed E-state index contributed by atoms with van der Waals surface area (Å²) in [6.45, 7) is 0.487. The lowest BCUT2D eigenvalue weighted by Crippen LogP contribution is -2.09. The van der Waals surface area contributed by atoms with E-state index in [1.54, 1.807) is 0 Å². The molecule has 2 aromatic heterocycles. The van der Waals surface area contributed by atoms with Crippen LogP contribution in [-0.2, 0) is 6.42 Å². The van der Waals surface area contributed by atoms with Crippen LogP contribution in [0.15, 0.2) is 36.5 Å². The number of hydrogen-bond donors (Lipinski definition) is 2. The van der Waals surface area contributed by atoms with Gasteiger partial charge in [-0.15, -0.1) is 0 Å². The molecule has 0 saturated carbocycles. The predicted molar refractivity (Wildman–Crippen MR) is 92.9 cm³/mol. The molecule has 0 spiro atoms. The molecule has 0 atom stereocenters. The summed E-state index contributed by atoms with van der Waals surface area (Å²) < 4.78 is 5.02. The maximum atomic E-state index is 11.1. The van der Waals surface area contributed by atoms with Crippen LogP contribution in [0, 0.1) is 10.1 Å². The standard InChI is InChI=1S/C16H15ClN4O3/c1-24-15-5-4-14(21(22)23)16(20-15)18-7-6-10-9-19-13-3-2-11(17)8-12(10)13/h2-5,8-9,19H,6-7H2,1H3,(H,18,20). The Hall–Kier alpha value is -2.80. The second kappa shape index (κ2) is 6.76. The van der Waals surface area contributed by atoms with Gasteiger partial charge in [-0.2, -0.15) is 4.98 Å². The lowest BCUT2D eigenvalue weighted by atomic mass is 10.1. The molecular formula is C16H15ClN4O3. The molecule has 0 bridgehead atoms. The minimum Gasteiger partial charge on any atom is -0.481 e. The van der Waals surface area contributed by atoms with E-state index in [1.165, 1.54) is 19.2 Å². The molecule has 0 radical (unpaired) electrons. The summed E-state index contributed by atoms with van der Waals surface area (Å²) >= 11 is 6.04. The van der Waals surface area contributed by atoms with Crippen molar-refractivity contribution in [2.75, 3.05) is 19.0 Å². The quantitative estimate of drug-likeness (QED) is 0.523. The Morgan fingerprint density at radius 3 is 2.96 bits per heavy atom. The number of benzene rings is 1. The molecule has 7 nitrogen and oxygen atoms in total. The zero-order valence-corrected chi connectivity index (χ0v) is 13.6. The maximum Gasteiger partial charge on any atom is 0.311 e. The molecule has 0 aliphatic heterocycles. The number of halogens is 1. The van der Waals surface area contributed by atoms with Crippen LogP contribution >= 0.6 is 11.6 Å². The maximum absolute atomic E-state index is 11.1. The Morgan fingerprint density at radius 1 is 1.38 bits per heavy atom. The van der Waals surface area contributed by atoms with Gasteiger partial charge in [0.2, 0.25) is 11.7 Å². The summed E-state index contributed by atoms with van der Waals surface area (Å²) in [4.78, 5) is 17.9. The molecule has 0 fully saturated rings. The van der Waals surface area contributed by atoms with Crippen LogP contribution in [0.1, 0.15) is 5.56 Å². The van der Waals surface area contributed by atoms with Gasteiger partial charge in [0.25, 0.3) is 0 Å². The van der Waals surface area contributed by atoms with Gasteiger partial charge in [0, 0.05) is 40.8 Å². The first-order chi connectivity index (χ1) is 11.6. The van der Waals surface area contributed by atoms with Crippen molar-refractivity contribution in [2.24, 2.45) is 0 Å². The Balaban J connectivity index is 1.76. The van der Waals surface area contributed by atoms with Crippen LogP contribution in [0.5, 0.6) is 5.88 Å². The van der Waals surface area contributed by atoms with Crippen molar-refractivity contribution in [1.29, 1.82) is 0 Å². The molecule has 0 saturated heterocycles. The number of pyridine rings is 1. The molecule has 0 aliphatic carbocycles. The van der Waals surface area contributed by atoms with E-state index in [4.69, 9.17) is 16.3 Å². The van der Waals surface area contributed by atoms with E-state index in [9.17, 15) is 10.1 Å². The van der Waals surface area contributed by atoms with E-state index in [0.717, 1.165) is 16.5 Å². The van der Waals surface area contributed by atoms with Gasteiger partial charge in [-0.3, -0.25) is 10.1 Å². The van der Waals surface area contributed by atoms with E-state index in [1.807, 2.05) is 24.4 Å². The highest BCUT2D eigenvalue weighted by atomic mass is 35.5. The molecule has 0 amide bonds. The number of H-pyrrole nitrogens is 1. The van der Waals surface area contributed by atoms with Gasteiger partial charge in [0.1, 0.15) is 0 Å². The average Bonchev–Trinajstić information content (AvgIpc) is 2.97. The second-order valence-corrected chi connectivity index (χ2v) is 5.60. The first kappa shape index (κ1) is 16.1. The van der Waals surface area contributed by atoms with Gasteiger partial charge in [0.15, 0.2) is 0 Å². The molecule has 0 aliphatic rings. The van der Waals surface area contributed by atoms with Crippen LogP contribution in [0.25, 0.3) is 10.9 Å². The number of methoxy groups -OCH3 is 1. The molecule has 2 N–H and O–H groups in total. The number of nitrogens with zero attached hydrogens (tertiary/aromatic N) is 2. The molecule has 0 unspecified atom stereocenters. The molecule has 2 heterocycles. The van der Waals surface area contributed by atoms with Gasteiger partial charge in [0.05, 0.1) is 12.0 Å². The predicted octanol–water partition coefficient (Wildman–Crippen LogP) is 3.79. The van der Waals surface area contributed by atoms with Crippen LogP contribution in [0.3, 0.4) is 0 Å². The summed E-state index contributed by atoms with van der Waals surface area (Å²) in [5, 5.41) is 15.8. The minimum atomic E-state index is -0.472. The normalized spacial score (nSPS) is 10.8. The first-order valence-electron chi connectivity index (χ1n) is 7.27. The van der Waals surface area contributed by atoms with E-state index >= 15 is 0 Å². The molecule has 1 aromatic carbocycles. The van der Waals surface area contributed by atoms with Crippen molar-refractivity contribution in [2.45, 2.75) is 6.42 Å². The second-order valence-electron chi connectivity index (χ2n) is 5.16. The van der Waals surface area contributed by atoms with Gasteiger partial charge >= 0.3 is 5.69 Å². The molecule has 24 heavy (non-hydrogen) atoms. The summed E-state index contributed by atoms with van der Waals surface area (Å²) in [7, 11) is 1.47. The van der Waals surface area contributed by atoms with Gasteiger partial charge in [-0.05, 0) is 30.2 Å². The Kier molecular flexibility index (Phi) is 4.52. The van der Waals surface area contributed by atoms with Crippen LogP contribution in [0.4, 0.5) is 11.5 Å². The van der Waals surface area contributed by atoms with E-state index in [2.05, 4.69) is 15.3 Å². The van der Waals surface area contributed by atoms with E-state index < -0.39 is 4.92 Å². The summed E-state index contributed by atoms with van der Waals surface area (Å²) in [5.41, 5.74) is 1.99. The van der Waals surface area contributed by atoms with E-state index in [-0.39, 0.29) is 11.5 Å². The molecule has 124 valence electrons. The third-order valence-corrected chi connectivity index (χ3v) is 3.91. The Bertz CT molecular complexity index is 894. The Labute approximate surface area is 142 Å². The highest BCUT2D eigenvalue weighted by Gasteiger charge is 2.16. The number of nitro groups is 1. The number of fused-ring (bicyclic) bond motifs is 1. The zero-order chi connectivity index (χ0) is 17.1. The highest BCUT2D eigenvalue weighted by Crippen LogP contribution is 2.26. The highest BCUT2D eigenvalue weighted by molar-refractivity contribution is 6.31. The summed E-state index contributed by atoms with van der Waals surface area (Å²) in [5.74, 6) is 0.513. The fraction of sp³-hybridized carbons (Fsp3) is 0.188.